The highest BCUT2D eigenvalue weighted by Gasteiger charge is 2.32. The lowest BCUT2D eigenvalue weighted by Crippen LogP contribution is -2.35. The second-order valence-electron chi connectivity index (χ2n) is 7.35. The number of rotatable bonds is 8. The number of nitrogens with zero attached hydrogens (tertiary/aromatic N) is 2. The van der Waals surface area contributed by atoms with Crippen molar-refractivity contribution in [1.82, 2.24) is 9.34 Å². The summed E-state index contributed by atoms with van der Waals surface area (Å²) in [6, 6.07) is 33.6. The fourth-order valence-electron chi connectivity index (χ4n) is 3.27. The van der Waals surface area contributed by atoms with Gasteiger partial charge in [-0.05, 0) is 43.9 Å². The molecule has 0 N–H and O–H groups in total. The van der Waals surface area contributed by atoms with Crippen LogP contribution in [0.15, 0.2) is 91.0 Å². The Morgan fingerprint density at radius 1 is 0.643 bits per heavy atom. The zero-order chi connectivity index (χ0) is 19.9. The van der Waals surface area contributed by atoms with Gasteiger partial charge in [-0.2, -0.15) is 0 Å². The Balaban J connectivity index is 2.14. The van der Waals surface area contributed by atoms with Crippen LogP contribution in [0.4, 0.5) is 0 Å². The van der Waals surface area contributed by atoms with Gasteiger partial charge in [-0.25, -0.2) is 4.44 Å². The molecule has 4 heteroatoms. The van der Waals surface area contributed by atoms with Crippen molar-refractivity contribution in [1.29, 1.82) is 0 Å². The number of benzene rings is 3. The van der Waals surface area contributed by atoms with Crippen LogP contribution in [0, 0.1) is 0 Å². The van der Waals surface area contributed by atoms with Crippen LogP contribution < -0.4 is 15.9 Å². The van der Waals surface area contributed by atoms with Gasteiger partial charge in [0, 0.05) is 28.5 Å². The largest absolute Gasteiger partial charge is 0.304 e. The summed E-state index contributed by atoms with van der Waals surface area (Å²) in [4.78, 5) is 2.33. The minimum atomic E-state index is -0.612. The van der Waals surface area contributed by atoms with E-state index < -0.39 is 16.1 Å². The summed E-state index contributed by atoms with van der Waals surface area (Å²) in [6.07, 6.45) is 1.05. The van der Waals surface area contributed by atoms with Crippen LogP contribution in [-0.4, -0.2) is 35.8 Å². The van der Waals surface area contributed by atoms with E-state index in [1.165, 1.54) is 15.9 Å². The van der Waals surface area contributed by atoms with Gasteiger partial charge in [0.05, 0.1) is 0 Å². The molecule has 3 aromatic carbocycles. The monoisotopic (exact) mass is 408 g/mol. The standard InChI is InChI=1S/C24H30N2P2/c1-21(2)26(27(20-25(3)4)22-14-8-5-9-15-22)28(23-16-10-6-11-17-23)24-18-12-7-13-19-24/h5-19,21H,20H2,1-4H3. The Hall–Kier alpha value is -1.56. The van der Waals surface area contributed by atoms with Crippen molar-refractivity contribution in [2.24, 2.45) is 0 Å². The van der Waals surface area contributed by atoms with Crippen molar-refractivity contribution >= 4 is 32.1 Å². The summed E-state index contributed by atoms with van der Waals surface area (Å²) >= 11 is 0. The maximum atomic E-state index is 2.80. The van der Waals surface area contributed by atoms with Crippen molar-refractivity contribution in [2.75, 3.05) is 20.4 Å². The number of hydrogen-bond donors (Lipinski definition) is 0. The molecule has 1 unspecified atom stereocenters. The van der Waals surface area contributed by atoms with Gasteiger partial charge in [0.15, 0.2) is 0 Å². The Morgan fingerprint density at radius 3 is 1.39 bits per heavy atom. The first kappa shape index (κ1) is 21.2. The molecule has 0 bridgehead atoms. The molecule has 146 valence electrons. The molecule has 0 heterocycles. The smallest absolute Gasteiger partial charge is 0.0356 e. The quantitative estimate of drug-likeness (QED) is 0.485. The lowest BCUT2D eigenvalue weighted by molar-refractivity contribution is 0.469. The molecule has 0 spiro atoms. The molecule has 0 aromatic heterocycles. The van der Waals surface area contributed by atoms with Gasteiger partial charge in [-0.1, -0.05) is 91.0 Å². The van der Waals surface area contributed by atoms with Gasteiger partial charge >= 0.3 is 0 Å². The average Bonchev–Trinajstić information content (AvgIpc) is 2.72. The van der Waals surface area contributed by atoms with E-state index in [0.717, 1.165) is 6.29 Å². The SMILES string of the molecule is CC(C)N(P(CN(C)C)c1ccccc1)P(c1ccccc1)c1ccccc1. The lowest BCUT2D eigenvalue weighted by Gasteiger charge is -2.42. The Bertz CT molecular complexity index is 783. The van der Waals surface area contributed by atoms with Gasteiger partial charge in [0.25, 0.3) is 0 Å². The van der Waals surface area contributed by atoms with Crippen molar-refractivity contribution in [2.45, 2.75) is 19.9 Å². The maximum absolute atomic E-state index is 2.80. The molecule has 0 aliphatic heterocycles. The van der Waals surface area contributed by atoms with Crippen molar-refractivity contribution in [3.8, 4) is 0 Å². The van der Waals surface area contributed by atoms with Crippen LogP contribution >= 0.6 is 16.1 Å². The summed E-state index contributed by atoms with van der Waals surface area (Å²) in [7, 11) is 3.26. The zero-order valence-corrected chi connectivity index (χ0v) is 19.0. The van der Waals surface area contributed by atoms with Gasteiger partial charge in [0.2, 0.25) is 0 Å². The van der Waals surface area contributed by atoms with Crippen LogP contribution in [0.25, 0.3) is 0 Å². The second kappa shape index (κ2) is 10.3. The molecule has 0 radical (unpaired) electrons. The van der Waals surface area contributed by atoms with Crippen LogP contribution in [0.5, 0.6) is 0 Å². The van der Waals surface area contributed by atoms with Crippen LogP contribution in [-0.2, 0) is 0 Å². The van der Waals surface area contributed by atoms with E-state index >= 15 is 0 Å². The second-order valence-corrected chi connectivity index (χ2v) is 11.8. The summed E-state index contributed by atoms with van der Waals surface area (Å²) in [5.41, 5.74) is 0. The van der Waals surface area contributed by atoms with E-state index in [0.29, 0.717) is 6.04 Å². The van der Waals surface area contributed by atoms with Gasteiger partial charge in [-0.3, -0.25) is 0 Å². The van der Waals surface area contributed by atoms with E-state index in [2.05, 4.69) is 128 Å². The fraction of sp³-hybridized carbons (Fsp3) is 0.250. The minimum absolute atomic E-state index is 0.442. The molecular weight excluding hydrogens is 378 g/mol. The molecule has 0 fully saturated rings. The lowest BCUT2D eigenvalue weighted by atomic mass is 10.4. The van der Waals surface area contributed by atoms with Crippen molar-refractivity contribution in [3.63, 3.8) is 0 Å². The highest BCUT2D eigenvalue weighted by Crippen LogP contribution is 2.56. The highest BCUT2D eigenvalue weighted by molar-refractivity contribution is 7.81. The third-order valence-electron chi connectivity index (χ3n) is 4.39. The minimum Gasteiger partial charge on any atom is -0.304 e. The molecular formula is C24H30N2P2. The van der Waals surface area contributed by atoms with E-state index in [-0.39, 0.29) is 0 Å². The van der Waals surface area contributed by atoms with Crippen LogP contribution in [0.2, 0.25) is 0 Å². The third kappa shape index (κ3) is 5.28. The Kier molecular flexibility index (Phi) is 7.77. The summed E-state index contributed by atoms with van der Waals surface area (Å²) in [6.45, 7) is 4.68. The van der Waals surface area contributed by atoms with Gasteiger partial charge < -0.3 is 4.90 Å². The molecule has 3 aromatic rings. The molecule has 0 aliphatic rings. The summed E-state index contributed by atoms with van der Waals surface area (Å²) < 4.78 is 2.80. The normalized spacial score (nSPS) is 12.9. The van der Waals surface area contributed by atoms with E-state index in [1.807, 2.05) is 0 Å². The van der Waals surface area contributed by atoms with Crippen LogP contribution in [0.3, 0.4) is 0 Å². The molecule has 0 amide bonds. The van der Waals surface area contributed by atoms with Crippen molar-refractivity contribution < 1.29 is 0 Å². The summed E-state index contributed by atoms with van der Waals surface area (Å²) in [5, 5.41) is 4.28. The molecule has 3 rings (SSSR count). The topological polar surface area (TPSA) is 6.48 Å². The van der Waals surface area contributed by atoms with E-state index in [1.54, 1.807) is 0 Å². The van der Waals surface area contributed by atoms with E-state index in [9.17, 15) is 0 Å². The molecule has 2 nitrogen and oxygen atoms in total. The highest BCUT2D eigenvalue weighted by atomic mass is 31.2. The molecule has 1 atom stereocenters. The first-order chi connectivity index (χ1) is 13.6. The predicted octanol–water partition coefficient (Wildman–Crippen LogP) is 4.99. The first-order valence-corrected chi connectivity index (χ1v) is 12.5. The maximum Gasteiger partial charge on any atom is 0.0356 e. The van der Waals surface area contributed by atoms with Crippen LogP contribution in [0.1, 0.15) is 13.8 Å². The predicted molar refractivity (Wildman–Crippen MR) is 128 cm³/mol. The Labute approximate surface area is 172 Å². The fourth-order valence-corrected chi connectivity index (χ4v) is 9.52. The Morgan fingerprint density at radius 2 is 1.04 bits per heavy atom. The van der Waals surface area contributed by atoms with Gasteiger partial charge in [-0.15, -0.1) is 0 Å². The van der Waals surface area contributed by atoms with Gasteiger partial charge in [0.1, 0.15) is 0 Å². The average molecular weight is 408 g/mol. The number of hydrogen-bond acceptors (Lipinski definition) is 2. The zero-order valence-electron chi connectivity index (χ0n) is 17.2. The van der Waals surface area contributed by atoms with Crippen molar-refractivity contribution in [3.05, 3.63) is 91.0 Å². The third-order valence-corrected chi connectivity index (χ3v) is 10.7. The first-order valence-electron chi connectivity index (χ1n) is 9.74. The molecule has 0 aliphatic carbocycles. The van der Waals surface area contributed by atoms with E-state index in [4.69, 9.17) is 0 Å². The summed E-state index contributed by atoms with van der Waals surface area (Å²) in [5.74, 6) is 0. The molecule has 0 saturated heterocycles. The molecule has 0 saturated carbocycles. The molecule has 28 heavy (non-hydrogen) atoms.